The number of aliphatic hydroxyl groups excluding tert-OH is 1. The summed E-state index contributed by atoms with van der Waals surface area (Å²) in [7, 11) is 1.31. The molecule has 1 amide bonds. The van der Waals surface area contributed by atoms with Crippen LogP contribution in [0.1, 0.15) is 251 Å². The molecule has 0 aliphatic rings. The normalized spacial score (nSPS) is 14.2. The lowest BCUT2D eigenvalue weighted by Crippen LogP contribution is -2.46. The van der Waals surface area contributed by atoms with E-state index in [4.69, 9.17) is 9.05 Å². The highest BCUT2D eigenvalue weighted by atomic mass is 31.2. The molecule has 0 heterocycles. The number of nitrogens with zero attached hydrogens (tertiary/aromatic N) is 1. The summed E-state index contributed by atoms with van der Waals surface area (Å²) >= 11 is 0. The Bertz CT molecular complexity index is 974. The number of aliphatic hydroxyl groups is 1. The van der Waals surface area contributed by atoms with Crippen LogP contribution < -0.4 is 10.2 Å². The molecule has 3 unspecified atom stereocenters. The quantitative estimate of drug-likeness (QED) is 0.0273. The number of hydrogen-bond acceptors (Lipinski definition) is 6. The van der Waals surface area contributed by atoms with Gasteiger partial charge >= 0.3 is 0 Å². The fourth-order valence-electron chi connectivity index (χ4n) is 7.68. The van der Waals surface area contributed by atoms with Crippen molar-refractivity contribution in [1.82, 2.24) is 5.32 Å². The molecule has 0 fully saturated rings. The summed E-state index contributed by atoms with van der Waals surface area (Å²) in [6, 6.07) is -0.798. The molecule has 3 atom stereocenters. The molecule has 0 aromatic heterocycles. The van der Waals surface area contributed by atoms with Gasteiger partial charge in [-0.15, -0.1) is 0 Å². The zero-order valence-electron chi connectivity index (χ0n) is 40.0. The van der Waals surface area contributed by atoms with E-state index in [9.17, 15) is 19.4 Å². The van der Waals surface area contributed by atoms with E-state index in [2.05, 4.69) is 31.3 Å². The number of hydrogen-bond donors (Lipinski definition) is 2. The standard InChI is InChI=1S/C50H101N2O6P/c1-6-8-10-12-14-16-18-20-21-22-23-24-25-26-27-28-29-30-32-34-36-38-40-42-44-50(54)51-48(47-58-59(55,56)57-46-45-52(3,4)5)49(53)43-41-39-37-35-33-31-19-17-15-13-11-9-7-2/h26-27,48-49,53H,6-25,28-47H2,1-5H3,(H-,51,54,55,56)/b27-26-. The predicted molar refractivity (Wildman–Crippen MR) is 252 cm³/mol. The van der Waals surface area contributed by atoms with Gasteiger partial charge in [-0.2, -0.15) is 0 Å². The van der Waals surface area contributed by atoms with Crippen LogP contribution in [0.2, 0.25) is 0 Å². The minimum atomic E-state index is -4.56. The van der Waals surface area contributed by atoms with Crippen molar-refractivity contribution in [2.45, 2.75) is 264 Å². The van der Waals surface area contributed by atoms with E-state index < -0.39 is 20.0 Å². The molecule has 0 saturated heterocycles. The lowest BCUT2D eigenvalue weighted by molar-refractivity contribution is -0.870. The number of likely N-dealkylation sites (N-methyl/N-ethyl adjacent to an activating group) is 1. The van der Waals surface area contributed by atoms with Crippen LogP contribution in [-0.2, 0) is 18.4 Å². The van der Waals surface area contributed by atoms with Gasteiger partial charge in [-0.25, -0.2) is 0 Å². The SMILES string of the molecule is CCCCCCCCCCCCCC/C=C\CCCCCCCCCCC(=O)NC(COP(=O)([O-])OCC[N+](C)(C)C)C(O)CCCCCCCCCCCCCCC. The van der Waals surface area contributed by atoms with Crippen LogP contribution in [0.4, 0.5) is 0 Å². The van der Waals surface area contributed by atoms with Crippen molar-refractivity contribution in [3.05, 3.63) is 12.2 Å². The molecule has 59 heavy (non-hydrogen) atoms. The lowest BCUT2D eigenvalue weighted by Gasteiger charge is -2.30. The Morgan fingerprint density at radius 1 is 0.576 bits per heavy atom. The molecular formula is C50H101N2O6P. The van der Waals surface area contributed by atoms with Crippen molar-refractivity contribution in [3.8, 4) is 0 Å². The number of amides is 1. The van der Waals surface area contributed by atoms with Gasteiger partial charge in [-0.3, -0.25) is 9.36 Å². The van der Waals surface area contributed by atoms with Gasteiger partial charge in [-0.05, 0) is 38.5 Å². The summed E-state index contributed by atoms with van der Waals surface area (Å²) in [6.07, 6.45) is 49.4. The van der Waals surface area contributed by atoms with Gasteiger partial charge in [0.2, 0.25) is 5.91 Å². The second-order valence-electron chi connectivity index (χ2n) is 18.9. The first-order chi connectivity index (χ1) is 28.5. The maximum atomic E-state index is 12.9. The topological polar surface area (TPSA) is 108 Å². The highest BCUT2D eigenvalue weighted by molar-refractivity contribution is 7.45. The molecule has 0 aliphatic heterocycles. The molecule has 0 aliphatic carbocycles. The molecule has 8 nitrogen and oxygen atoms in total. The third-order valence-electron chi connectivity index (χ3n) is 11.8. The molecule has 9 heteroatoms. The van der Waals surface area contributed by atoms with Gasteiger partial charge in [0.05, 0.1) is 39.9 Å². The molecule has 0 saturated carbocycles. The van der Waals surface area contributed by atoms with E-state index >= 15 is 0 Å². The monoisotopic (exact) mass is 857 g/mol. The van der Waals surface area contributed by atoms with Crippen LogP contribution in [0.25, 0.3) is 0 Å². The van der Waals surface area contributed by atoms with Crippen molar-refractivity contribution >= 4 is 13.7 Å². The second kappa shape index (κ2) is 42.5. The van der Waals surface area contributed by atoms with Gasteiger partial charge in [0.15, 0.2) is 0 Å². The van der Waals surface area contributed by atoms with Crippen molar-refractivity contribution in [2.75, 3.05) is 40.9 Å². The van der Waals surface area contributed by atoms with E-state index in [1.165, 1.54) is 186 Å². The molecule has 0 bridgehead atoms. The second-order valence-corrected chi connectivity index (χ2v) is 20.3. The van der Waals surface area contributed by atoms with Crippen molar-refractivity contribution in [3.63, 3.8) is 0 Å². The summed E-state index contributed by atoms with van der Waals surface area (Å²) in [4.78, 5) is 25.4. The lowest BCUT2D eigenvalue weighted by atomic mass is 10.0. The number of rotatable bonds is 47. The number of carbonyl (C=O) groups excluding carboxylic acids is 1. The summed E-state index contributed by atoms with van der Waals surface area (Å²) in [5.74, 6) is -0.165. The fourth-order valence-corrected chi connectivity index (χ4v) is 8.41. The van der Waals surface area contributed by atoms with Crippen LogP contribution in [0, 0.1) is 0 Å². The highest BCUT2D eigenvalue weighted by Gasteiger charge is 2.24. The van der Waals surface area contributed by atoms with E-state index in [0.29, 0.717) is 23.9 Å². The van der Waals surface area contributed by atoms with Crippen molar-refractivity contribution in [2.24, 2.45) is 0 Å². The van der Waals surface area contributed by atoms with Crippen LogP contribution >= 0.6 is 7.82 Å². The summed E-state index contributed by atoms with van der Waals surface area (Å²) < 4.78 is 23.3. The van der Waals surface area contributed by atoms with Gasteiger partial charge in [0, 0.05) is 6.42 Å². The number of phosphoric ester groups is 1. The first-order valence-corrected chi connectivity index (χ1v) is 27.0. The predicted octanol–water partition coefficient (Wildman–Crippen LogP) is 14.1. The van der Waals surface area contributed by atoms with E-state index in [-0.39, 0.29) is 19.1 Å². The molecule has 0 radical (unpaired) electrons. The molecular weight excluding hydrogens is 756 g/mol. The molecule has 0 aromatic carbocycles. The minimum absolute atomic E-state index is 0.0136. The Hall–Kier alpha value is -0.760. The first kappa shape index (κ1) is 58.2. The first-order valence-electron chi connectivity index (χ1n) is 25.5. The molecule has 352 valence electrons. The molecule has 2 N–H and O–H groups in total. The number of allylic oxidation sites excluding steroid dienone is 2. The molecule has 0 aromatic rings. The summed E-state index contributed by atoms with van der Waals surface area (Å²) in [5.41, 5.74) is 0. The Kier molecular flexibility index (Phi) is 42.0. The molecule has 0 rings (SSSR count). The Balaban J connectivity index is 4.17. The largest absolute Gasteiger partial charge is 0.756 e. The van der Waals surface area contributed by atoms with Crippen LogP contribution in [0.5, 0.6) is 0 Å². The van der Waals surface area contributed by atoms with E-state index in [1.807, 2.05) is 21.1 Å². The number of phosphoric acid groups is 1. The number of unbranched alkanes of at least 4 members (excludes halogenated alkanes) is 32. The number of carbonyl (C=O) groups is 1. The fraction of sp³-hybridized carbons (Fsp3) is 0.940. The van der Waals surface area contributed by atoms with Crippen molar-refractivity contribution < 1.29 is 32.9 Å². The van der Waals surface area contributed by atoms with Crippen LogP contribution in [0.15, 0.2) is 12.2 Å². The van der Waals surface area contributed by atoms with Gasteiger partial charge in [0.25, 0.3) is 7.82 Å². The van der Waals surface area contributed by atoms with Crippen LogP contribution in [0.3, 0.4) is 0 Å². The summed E-state index contributed by atoms with van der Waals surface area (Å²) in [6.45, 7) is 4.74. The number of nitrogens with one attached hydrogen (secondary N) is 1. The Labute approximate surface area is 367 Å². The Morgan fingerprint density at radius 3 is 1.32 bits per heavy atom. The Morgan fingerprint density at radius 2 is 0.932 bits per heavy atom. The zero-order chi connectivity index (χ0) is 43.6. The third kappa shape index (κ3) is 45.1. The van der Waals surface area contributed by atoms with Gasteiger partial charge < -0.3 is 28.8 Å². The van der Waals surface area contributed by atoms with E-state index in [1.54, 1.807) is 0 Å². The van der Waals surface area contributed by atoms with Gasteiger partial charge in [0.1, 0.15) is 13.2 Å². The van der Waals surface area contributed by atoms with Crippen LogP contribution in [-0.4, -0.2) is 68.5 Å². The molecule has 0 spiro atoms. The maximum Gasteiger partial charge on any atom is 0.268 e. The summed E-state index contributed by atoms with van der Waals surface area (Å²) in [5, 5.41) is 13.9. The number of quaternary nitrogens is 1. The van der Waals surface area contributed by atoms with Gasteiger partial charge in [-0.1, -0.05) is 219 Å². The minimum Gasteiger partial charge on any atom is -0.756 e. The average Bonchev–Trinajstić information content (AvgIpc) is 3.19. The zero-order valence-corrected chi connectivity index (χ0v) is 40.9. The van der Waals surface area contributed by atoms with E-state index in [0.717, 1.165) is 38.5 Å². The smallest absolute Gasteiger partial charge is 0.268 e. The maximum absolute atomic E-state index is 12.9. The third-order valence-corrected chi connectivity index (χ3v) is 12.7. The average molecular weight is 857 g/mol. The highest BCUT2D eigenvalue weighted by Crippen LogP contribution is 2.38. The van der Waals surface area contributed by atoms with Crippen molar-refractivity contribution in [1.29, 1.82) is 0 Å².